The minimum Gasteiger partial charge on any atom is -0.477 e. The lowest BCUT2D eigenvalue weighted by atomic mass is 10.0. The first-order valence-corrected chi connectivity index (χ1v) is 15.3. The predicted octanol–water partition coefficient (Wildman–Crippen LogP) is 5.31. The van der Waals surface area contributed by atoms with Crippen LogP contribution in [0.25, 0.3) is 11.3 Å². The highest BCUT2D eigenvalue weighted by atomic mass is 35.5. The van der Waals surface area contributed by atoms with Gasteiger partial charge in [0.1, 0.15) is 0 Å². The highest BCUT2D eigenvalue weighted by molar-refractivity contribution is 6.30. The number of nitrogens with one attached hydrogen (secondary N) is 1. The van der Waals surface area contributed by atoms with E-state index in [4.69, 9.17) is 21.3 Å². The van der Waals surface area contributed by atoms with E-state index < -0.39 is 12.3 Å². The van der Waals surface area contributed by atoms with Crippen molar-refractivity contribution in [1.29, 1.82) is 0 Å². The number of alkyl halides is 2. The van der Waals surface area contributed by atoms with Crippen LogP contribution in [0.4, 0.5) is 14.5 Å². The number of likely N-dealkylation sites (N-methyl/N-ethyl adjacent to an activating group) is 1. The van der Waals surface area contributed by atoms with E-state index in [0.29, 0.717) is 48.9 Å². The number of aromatic nitrogens is 2. The van der Waals surface area contributed by atoms with Crippen molar-refractivity contribution in [3.63, 3.8) is 0 Å². The number of anilines is 1. The van der Waals surface area contributed by atoms with Gasteiger partial charge in [0.15, 0.2) is 5.69 Å². The van der Waals surface area contributed by atoms with Gasteiger partial charge in [-0.15, -0.1) is 0 Å². The Balaban J connectivity index is 1.46. The minimum atomic E-state index is -2.83. The van der Waals surface area contributed by atoms with Crippen molar-refractivity contribution in [1.82, 2.24) is 25.1 Å². The van der Waals surface area contributed by atoms with Gasteiger partial charge in [-0.2, -0.15) is 0 Å². The van der Waals surface area contributed by atoms with Crippen LogP contribution in [0.3, 0.4) is 0 Å². The Bertz CT molecular complexity index is 1510. The molecule has 0 spiro atoms. The first-order valence-electron chi connectivity index (χ1n) is 14.9. The van der Waals surface area contributed by atoms with Crippen LogP contribution in [0, 0.1) is 0 Å². The van der Waals surface area contributed by atoms with E-state index >= 15 is 0 Å². The highest BCUT2D eigenvalue weighted by Gasteiger charge is 2.34. The van der Waals surface area contributed by atoms with E-state index in [1.54, 1.807) is 17.2 Å². The summed E-state index contributed by atoms with van der Waals surface area (Å²) in [5, 5.41) is 3.31. The number of rotatable bonds is 9. The van der Waals surface area contributed by atoms with Crippen LogP contribution >= 0.6 is 11.6 Å². The summed E-state index contributed by atoms with van der Waals surface area (Å²) in [4.78, 5) is 42.4. The average molecular weight is 627 g/mol. The predicted molar refractivity (Wildman–Crippen MR) is 166 cm³/mol. The van der Waals surface area contributed by atoms with Crippen LogP contribution in [0.5, 0.6) is 5.88 Å². The van der Waals surface area contributed by atoms with Crippen molar-refractivity contribution in [3.8, 4) is 17.1 Å². The zero-order chi connectivity index (χ0) is 31.4. The molecular formula is C32H37ClF2N6O3. The topological polar surface area (TPSA) is 90.9 Å². The zero-order valence-electron chi connectivity index (χ0n) is 25.1. The van der Waals surface area contributed by atoms with Crippen molar-refractivity contribution in [3.05, 3.63) is 70.5 Å². The van der Waals surface area contributed by atoms with Crippen molar-refractivity contribution >= 4 is 29.1 Å². The van der Waals surface area contributed by atoms with Gasteiger partial charge in [0.25, 0.3) is 18.2 Å². The SMILES string of the molecule is CCOc1ncccc1-c1ccc(N2CCN(C(=O)c3ccc(Cl)cc3C(F)F)C[C@H]2CC)c(C(=O)N[C@@H]2CCN(C)C2)n1. The first-order chi connectivity index (χ1) is 21.2. The smallest absolute Gasteiger partial charge is 0.272 e. The van der Waals surface area contributed by atoms with E-state index in [0.717, 1.165) is 25.6 Å². The largest absolute Gasteiger partial charge is 0.477 e. The summed E-state index contributed by atoms with van der Waals surface area (Å²) in [6.07, 6.45) is 0.315. The van der Waals surface area contributed by atoms with Gasteiger partial charge in [-0.3, -0.25) is 9.59 Å². The van der Waals surface area contributed by atoms with Crippen LogP contribution in [0.15, 0.2) is 48.7 Å². The summed E-state index contributed by atoms with van der Waals surface area (Å²) in [6.45, 7) is 6.94. The Labute approximate surface area is 261 Å². The Kier molecular flexibility index (Phi) is 9.95. The van der Waals surface area contributed by atoms with Crippen LogP contribution in [0.1, 0.15) is 59.5 Å². The molecule has 5 rings (SSSR count). The first kappa shape index (κ1) is 31.6. The summed E-state index contributed by atoms with van der Waals surface area (Å²) < 4.78 is 33.3. The average Bonchev–Trinajstić information content (AvgIpc) is 3.44. The van der Waals surface area contributed by atoms with Gasteiger partial charge in [-0.05, 0) is 75.8 Å². The van der Waals surface area contributed by atoms with Gasteiger partial charge in [0, 0.05) is 60.6 Å². The third-order valence-electron chi connectivity index (χ3n) is 8.17. The molecular weight excluding hydrogens is 590 g/mol. The van der Waals surface area contributed by atoms with E-state index in [2.05, 4.69) is 20.1 Å². The second-order valence-corrected chi connectivity index (χ2v) is 11.5. The number of halogens is 3. The number of benzene rings is 1. The third kappa shape index (κ3) is 6.78. The minimum absolute atomic E-state index is 0.00281. The van der Waals surface area contributed by atoms with E-state index in [-0.39, 0.29) is 46.4 Å². The van der Waals surface area contributed by atoms with E-state index in [1.165, 1.54) is 12.1 Å². The molecule has 9 nitrogen and oxygen atoms in total. The molecule has 0 saturated carbocycles. The number of pyridine rings is 2. The maximum Gasteiger partial charge on any atom is 0.272 e. The number of carbonyl (C=O) groups excluding carboxylic acids is 2. The fraction of sp³-hybridized carbons (Fsp3) is 0.438. The molecule has 1 N–H and O–H groups in total. The third-order valence-corrected chi connectivity index (χ3v) is 8.41. The molecule has 0 bridgehead atoms. The summed E-state index contributed by atoms with van der Waals surface area (Å²) >= 11 is 5.94. The van der Waals surface area contributed by atoms with Crippen LogP contribution in [-0.4, -0.2) is 90.0 Å². The summed E-state index contributed by atoms with van der Waals surface area (Å²) in [7, 11) is 2.02. The number of likely N-dealkylation sites (tertiary alicyclic amines) is 1. The highest BCUT2D eigenvalue weighted by Crippen LogP contribution is 2.33. The quantitative estimate of drug-likeness (QED) is 0.344. The number of amides is 2. The van der Waals surface area contributed by atoms with Crippen molar-refractivity contribution in [2.75, 3.05) is 51.3 Å². The molecule has 2 aliphatic rings. The maximum atomic E-state index is 13.8. The van der Waals surface area contributed by atoms with Gasteiger partial charge in [-0.25, -0.2) is 18.7 Å². The van der Waals surface area contributed by atoms with E-state index in [1.807, 2.05) is 39.1 Å². The number of ether oxygens (including phenoxy) is 1. The summed E-state index contributed by atoms with van der Waals surface area (Å²) in [5.74, 6) is -0.310. The molecule has 2 aromatic heterocycles. The monoisotopic (exact) mass is 626 g/mol. The maximum absolute atomic E-state index is 13.8. The molecule has 0 unspecified atom stereocenters. The Morgan fingerprint density at radius 3 is 2.64 bits per heavy atom. The Hall–Kier alpha value is -3.83. The fourth-order valence-corrected chi connectivity index (χ4v) is 6.11. The molecule has 234 valence electrons. The number of hydrogen-bond donors (Lipinski definition) is 1. The molecule has 1 aromatic carbocycles. The standard InChI is InChI=1S/C32H37ClF2N6O3/c1-4-22-19-40(32(43)23-9-8-20(33)17-25(23)29(34)35)15-16-41(22)27-11-10-26(24-7-6-13-36-31(24)44-5-2)38-28(27)30(42)37-21-12-14-39(3)18-21/h6-11,13,17,21-22,29H,4-5,12,14-16,18-19H2,1-3H3,(H,37,42)/t21-,22-/m1/s1. The van der Waals surface area contributed by atoms with Crippen LogP contribution in [0.2, 0.25) is 5.02 Å². The number of piperazine rings is 1. The van der Waals surface area contributed by atoms with Crippen molar-refractivity contribution in [2.24, 2.45) is 0 Å². The molecule has 2 saturated heterocycles. The van der Waals surface area contributed by atoms with Crippen molar-refractivity contribution < 1.29 is 23.1 Å². The molecule has 3 aromatic rings. The van der Waals surface area contributed by atoms with Gasteiger partial charge < -0.3 is 24.8 Å². The zero-order valence-corrected chi connectivity index (χ0v) is 25.9. The lowest BCUT2D eigenvalue weighted by molar-refractivity contribution is 0.0708. The van der Waals surface area contributed by atoms with Gasteiger partial charge in [-0.1, -0.05) is 18.5 Å². The summed E-state index contributed by atoms with van der Waals surface area (Å²) in [6, 6.07) is 11.2. The molecule has 4 heterocycles. The Morgan fingerprint density at radius 2 is 1.93 bits per heavy atom. The van der Waals surface area contributed by atoms with Gasteiger partial charge >= 0.3 is 0 Å². The molecule has 2 amide bonds. The Morgan fingerprint density at radius 1 is 1.11 bits per heavy atom. The fourth-order valence-electron chi connectivity index (χ4n) is 5.93. The molecule has 2 aliphatic heterocycles. The van der Waals surface area contributed by atoms with Gasteiger partial charge in [0.05, 0.1) is 23.6 Å². The normalized spacial score (nSPS) is 19.0. The second kappa shape index (κ2) is 13.9. The molecule has 2 atom stereocenters. The lowest BCUT2D eigenvalue weighted by Crippen LogP contribution is -2.55. The molecule has 12 heteroatoms. The van der Waals surface area contributed by atoms with E-state index in [9.17, 15) is 18.4 Å². The lowest BCUT2D eigenvalue weighted by Gasteiger charge is -2.43. The molecule has 44 heavy (non-hydrogen) atoms. The molecule has 0 radical (unpaired) electrons. The summed E-state index contributed by atoms with van der Waals surface area (Å²) in [5.41, 5.74) is 1.73. The number of carbonyl (C=O) groups is 2. The number of nitrogens with zero attached hydrogens (tertiary/aromatic N) is 5. The molecule has 2 fully saturated rings. The molecule has 0 aliphatic carbocycles. The van der Waals surface area contributed by atoms with Crippen LogP contribution in [-0.2, 0) is 0 Å². The number of hydrogen-bond acceptors (Lipinski definition) is 7. The van der Waals surface area contributed by atoms with Crippen molar-refractivity contribution in [2.45, 2.75) is 45.2 Å². The van der Waals surface area contributed by atoms with Crippen LogP contribution < -0.4 is 15.0 Å². The van der Waals surface area contributed by atoms with Gasteiger partial charge in [0.2, 0.25) is 5.88 Å². The second-order valence-electron chi connectivity index (χ2n) is 11.1.